The second kappa shape index (κ2) is 10.2. The maximum atomic E-state index is 12.1. The van der Waals surface area contributed by atoms with Crippen molar-refractivity contribution in [2.75, 3.05) is 11.9 Å². The Bertz CT molecular complexity index is 919. The predicted octanol–water partition coefficient (Wildman–Crippen LogP) is 2.48. The van der Waals surface area contributed by atoms with E-state index in [2.05, 4.69) is 10.6 Å². The molecule has 2 amide bonds. The first-order chi connectivity index (χ1) is 13.8. The second-order valence-electron chi connectivity index (χ2n) is 5.98. The highest BCUT2D eigenvalue weighted by Crippen LogP contribution is 2.26. The van der Waals surface area contributed by atoms with Crippen molar-refractivity contribution in [2.24, 2.45) is 0 Å². The van der Waals surface area contributed by atoms with Crippen LogP contribution in [0.25, 0.3) is 0 Å². The summed E-state index contributed by atoms with van der Waals surface area (Å²) in [5.41, 5.74) is 0.714. The third-order valence-electron chi connectivity index (χ3n) is 3.74. The van der Waals surface area contributed by atoms with E-state index < -0.39 is 22.9 Å². The molecule has 0 radical (unpaired) electrons. The minimum absolute atomic E-state index is 0.0285. The average Bonchev–Trinajstić information content (AvgIpc) is 2.68. The van der Waals surface area contributed by atoms with Crippen LogP contribution in [0.1, 0.15) is 12.5 Å². The van der Waals surface area contributed by atoms with Crippen LogP contribution >= 0.6 is 11.6 Å². The first kappa shape index (κ1) is 21.8. The average molecular weight is 420 g/mol. The Morgan fingerprint density at radius 2 is 1.86 bits per heavy atom. The number of carbonyl (C=O) groups is 3. The Hall–Kier alpha value is -3.46. The Morgan fingerprint density at radius 3 is 2.48 bits per heavy atom. The molecule has 0 fully saturated rings. The fourth-order valence-corrected chi connectivity index (χ4v) is 2.48. The fourth-order valence-electron chi connectivity index (χ4n) is 2.26. The molecule has 0 saturated heterocycles. The molecule has 1 unspecified atom stereocenters. The van der Waals surface area contributed by atoms with Gasteiger partial charge in [-0.2, -0.15) is 0 Å². The molecule has 152 valence electrons. The summed E-state index contributed by atoms with van der Waals surface area (Å²) in [6.45, 7) is 0.958. The second-order valence-corrected chi connectivity index (χ2v) is 6.39. The molecule has 29 heavy (non-hydrogen) atoms. The molecule has 2 aromatic rings. The number of anilines is 1. The molecule has 0 aliphatic heterocycles. The lowest BCUT2D eigenvalue weighted by Crippen LogP contribution is -2.36. The van der Waals surface area contributed by atoms with Crippen LogP contribution in [0.3, 0.4) is 0 Å². The highest BCUT2D eigenvalue weighted by atomic mass is 35.5. The molecule has 0 bridgehead atoms. The SMILES string of the molecule is CC(OC(=O)CNC(=O)Cc1ccccc1)C(=O)Nc1ccc([N+](=O)[O-])cc1Cl. The van der Waals surface area contributed by atoms with Crippen LogP contribution in [-0.4, -0.2) is 35.4 Å². The third kappa shape index (κ3) is 6.89. The van der Waals surface area contributed by atoms with Crippen LogP contribution in [0.5, 0.6) is 0 Å². The number of nitro benzene ring substituents is 1. The summed E-state index contributed by atoms with van der Waals surface area (Å²) >= 11 is 5.90. The number of nitrogens with zero attached hydrogens (tertiary/aromatic N) is 1. The topological polar surface area (TPSA) is 128 Å². The summed E-state index contributed by atoms with van der Waals surface area (Å²) < 4.78 is 4.97. The summed E-state index contributed by atoms with van der Waals surface area (Å²) in [5, 5.41) is 15.5. The maximum Gasteiger partial charge on any atom is 0.326 e. The highest BCUT2D eigenvalue weighted by molar-refractivity contribution is 6.34. The molecule has 2 rings (SSSR count). The van der Waals surface area contributed by atoms with Crippen LogP contribution in [0.4, 0.5) is 11.4 Å². The van der Waals surface area contributed by atoms with Gasteiger partial charge in [-0.1, -0.05) is 41.9 Å². The van der Waals surface area contributed by atoms with Gasteiger partial charge in [0.25, 0.3) is 11.6 Å². The number of non-ortho nitro benzene ring substituents is 1. The van der Waals surface area contributed by atoms with Gasteiger partial charge >= 0.3 is 5.97 Å². The number of carbonyl (C=O) groups excluding carboxylic acids is 3. The van der Waals surface area contributed by atoms with Crippen LogP contribution in [0.15, 0.2) is 48.5 Å². The molecular weight excluding hydrogens is 402 g/mol. The quantitative estimate of drug-likeness (QED) is 0.384. The number of amides is 2. The lowest BCUT2D eigenvalue weighted by molar-refractivity contribution is -0.384. The van der Waals surface area contributed by atoms with Crippen LogP contribution in [-0.2, 0) is 25.5 Å². The van der Waals surface area contributed by atoms with E-state index in [1.165, 1.54) is 19.1 Å². The van der Waals surface area contributed by atoms with Gasteiger partial charge in [-0.15, -0.1) is 0 Å². The number of rotatable bonds is 8. The van der Waals surface area contributed by atoms with Gasteiger partial charge in [0.1, 0.15) is 6.54 Å². The van der Waals surface area contributed by atoms with Crippen molar-refractivity contribution in [1.82, 2.24) is 5.32 Å². The highest BCUT2D eigenvalue weighted by Gasteiger charge is 2.20. The zero-order valence-corrected chi connectivity index (χ0v) is 16.1. The zero-order valence-electron chi connectivity index (χ0n) is 15.4. The lowest BCUT2D eigenvalue weighted by atomic mass is 10.1. The van der Waals surface area contributed by atoms with E-state index in [0.29, 0.717) is 0 Å². The predicted molar refractivity (Wildman–Crippen MR) is 105 cm³/mol. The van der Waals surface area contributed by atoms with Crippen molar-refractivity contribution in [3.05, 3.63) is 69.2 Å². The van der Waals surface area contributed by atoms with Crippen molar-refractivity contribution in [2.45, 2.75) is 19.4 Å². The number of hydrogen-bond acceptors (Lipinski definition) is 6. The van der Waals surface area contributed by atoms with Gasteiger partial charge in [-0.3, -0.25) is 24.5 Å². The van der Waals surface area contributed by atoms with Crippen molar-refractivity contribution in [1.29, 1.82) is 0 Å². The minimum atomic E-state index is -1.17. The maximum absolute atomic E-state index is 12.1. The summed E-state index contributed by atoms with van der Waals surface area (Å²) in [4.78, 5) is 45.9. The van der Waals surface area contributed by atoms with Gasteiger partial charge in [0.05, 0.1) is 22.1 Å². The number of nitrogens with one attached hydrogen (secondary N) is 2. The number of nitro groups is 1. The summed E-state index contributed by atoms with van der Waals surface area (Å²) in [5.74, 6) is -1.82. The molecule has 0 saturated carbocycles. The van der Waals surface area contributed by atoms with Gasteiger partial charge in [-0.25, -0.2) is 0 Å². The number of halogens is 1. The van der Waals surface area contributed by atoms with Crippen LogP contribution in [0.2, 0.25) is 5.02 Å². The smallest absolute Gasteiger partial charge is 0.326 e. The van der Waals surface area contributed by atoms with E-state index in [0.717, 1.165) is 11.6 Å². The third-order valence-corrected chi connectivity index (χ3v) is 4.05. The number of hydrogen-bond donors (Lipinski definition) is 2. The van der Waals surface area contributed by atoms with Crippen molar-refractivity contribution < 1.29 is 24.0 Å². The van der Waals surface area contributed by atoms with Gasteiger partial charge in [-0.05, 0) is 18.6 Å². The zero-order chi connectivity index (χ0) is 21.4. The van der Waals surface area contributed by atoms with Crippen LogP contribution < -0.4 is 10.6 Å². The Labute approximate surface area is 171 Å². The van der Waals surface area contributed by atoms with Crippen molar-refractivity contribution >= 4 is 40.8 Å². The first-order valence-electron chi connectivity index (χ1n) is 8.51. The molecule has 0 heterocycles. The number of benzene rings is 2. The molecule has 1 atom stereocenters. The summed E-state index contributed by atoms with van der Waals surface area (Å²) in [6.07, 6.45) is -1.05. The fraction of sp³-hybridized carbons (Fsp3) is 0.211. The molecule has 0 aromatic heterocycles. The van der Waals surface area contributed by atoms with E-state index in [9.17, 15) is 24.5 Å². The molecular formula is C19H18ClN3O6. The molecule has 0 spiro atoms. The Kier molecular flexibility index (Phi) is 7.67. The monoisotopic (exact) mass is 419 g/mol. The summed E-state index contributed by atoms with van der Waals surface area (Å²) in [7, 11) is 0. The van der Waals surface area contributed by atoms with E-state index in [1.54, 1.807) is 24.3 Å². The van der Waals surface area contributed by atoms with E-state index >= 15 is 0 Å². The largest absolute Gasteiger partial charge is 0.451 e. The van der Waals surface area contributed by atoms with Gasteiger partial charge in [0.15, 0.2) is 6.10 Å². The Morgan fingerprint density at radius 1 is 1.17 bits per heavy atom. The van der Waals surface area contributed by atoms with Gasteiger partial charge in [0.2, 0.25) is 5.91 Å². The van der Waals surface area contributed by atoms with Crippen molar-refractivity contribution in [3.8, 4) is 0 Å². The Balaban J connectivity index is 1.80. The van der Waals surface area contributed by atoms with E-state index in [-0.39, 0.29) is 35.3 Å². The minimum Gasteiger partial charge on any atom is -0.451 e. The first-order valence-corrected chi connectivity index (χ1v) is 8.89. The molecule has 0 aliphatic carbocycles. The molecule has 2 aromatic carbocycles. The van der Waals surface area contributed by atoms with Crippen molar-refractivity contribution in [3.63, 3.8) is 0 Å². The van der Waals surface area contributed by atoms with E-state index in [1.807, 2.05) is 6.07 Å². The summed E-state index contributed by atoms with van der Waals surface area (Å²) in [6, 6.07) is 12.5. The molecule has 10 heteroatoms. The van der Waals surface area contributed by atoms with Gasteiger partial charge in [0, 0.05) is 12.1 Å². The molecule has 9 nitrogen and oxygen atoms in total. The molecule has 0 aliphatic rings. The number of ether oxygens (including phenoxy) is 1. The normalized spacial score (nSPS) is 11.2. The number of esters is 1. The molecule has 2 N–H and O–H groups in total. The lowest BCUT2D eigenvalue weighted by Gasteiger charge is -2.14. The van der Waals surface area contributed by atoms with E-state index in [4.69, 9.17) is 16.3 Å². The van der Waals surface area contributed by atoms with Gasteiger partial charge < -0.3 is 15.4 Å². The standard InChI is InChI=1S/C19H18ClN3O6/c1-12(19(26)22-16-8-7-14(23(27)28)10-15(16)20)29-18(25)11-21-17(24)9-13-5-3-2-4-6-13/h2-8,10,12H,9,11H2,1H3,(H,21,24)(H,22,26). The van der Waals surface area contributed by atoms with Crippen LogP contribution in [0, 0.1) is 10.1 Å².